The van der Waals surface area contributed by atoms with E-state index in [9.17, 15) is 0 Å². The SMILES string of the molecule is Nc1ccccc1Cn1cc(Br)c2ccccc21. The molecule has 2 aromatic carbocycles. The number of nitrogens with two attached hydrogens (primary N) is 1. The van der Waals surface area contributed by atoms with Crippen LogP contribution in [-0.2, 0) is 6.54 Å². The second kappa shape index (κ2) is 4.50. The van der Waals surface area contributed by atoms with Crippen LogP contribution in [0.5, 0.6) is 0 Å². The zero-order valence-corrected chi connectivity index (χ0v) is 11.4. The second-order valence-electron chi connectivity index (χ2n) is 4.32. The summed E-state index contributed by atoms with van der Waals surface area (Å²) in [5.41, 5.74) is 9.19. The van der Waals surface area contributed by atoms with E-state index >= 15 is 0 Å². The molecule has 0 spiro atoms. The highest BCUT2D eigenvalue weighted by Gasteiger charge is 2.07. The molecule has 0 unspecified atom stereocenters. The van der Waals surface area contributed by atoms with Crippen molar-refractivity contribution in [3.63, 3.8) is 0 Å². The molecule has 0 aliphatic heterocycles. The maximum atomic E-state index is 5.99. The zero-order chi connectivity index (χ0) is 12.5. The minimum Gasteiger partial charge on any atom is -0.398 e. The van der Waals surface area contributed by atoms with Gasteiger partial charge < -0.3 is 10.3 Å². The Morgan fingerprint density at radius 3 is 2.56 bits per heavy atom. The normalized spacial score (nSPS) is 10.9. The van der Waals surface area contributed by atoms with Crippen LogP contribution in [0.3, 0.4) is 0 Å². The molecule has 0 radical (unpaired) electrons. The van der Waals surface area contributed by atoms with Gasteiger partial charge >= 0.3 is 0 Å². The summed E-state index contributed by atoms with van der Waals surface area (Å²) >= 11 is 3.60. The lowest BCUT2D eigenvalue weighted by Crippen LogP contribution is -2.01. The predicted molar refractivity (Wildman–Crippen MR) is 79.6 cm³/mol. The number of nitrogen functional groups attached to an aromatic ring is 1. The van der Waals surface area contributed by atoms with Crippen molar-refractivity contribution in [2.24, 2.45) is 0 Å². The van der Waals surface area contributed by atoms with Gasteiger partial charge in [-0.25, -0.2) is 0 Å². The van der Waals surface area contributed by atoms with Gasteiger partial charge in [0.05, 0.1) is 0 Å². The van der Waals surface area contributed by atoms with Crippen molar-refractivity contribution in [2.75, 3.05) is 5.73 Å². The third-order valence-electron chi connectivity index (χ3n) is 3.14. The summed E-state index contributed by atoms with van der Waals surface area (Å²) in [5, 5.41) is 1.23. The molecule has 0 amide bonds. The van der Waals surface area contributed by atoms with E-state index in [1.165, 1.54) is 10.9 Å². The van der Waals surface area contributed by atoms with E-state index in [0.29, 0.717) is 0 Å². The fourth-order valence-electron chi connectivity index (χ4n) is 2.19. The molecular formula is C15H13BrN2. The van der Waals surface area contributed by atoms with E-state index in [1.54, 1.807) is 0 Å². The van der Waals surface area contributed by atoms with Crippen LogP contribution in [-0.4, -0.2) is 4.57 Å². The first-order valence-corrected chi connectivity index (χ1v) is 6.62. The van der Waals surface area contributed by atoms with E-state index in [-0.39, 0.29) is 0 Å². The van der Waals surface area contributed by atoms with Crippen LogP contribution in [0, 0.1) is 0 Å². The van der Waals surface area contributed by atoms with Crippen molar-refractivity contribution in [3.05, 3.63) is 64.8 Å². The summed E-state index contributed by atoms with van der Waals surface area (Å²) in [4.78, 5) is 0. The van der Waals surface area contributed by atoms with E-state index in [0.717, 1.165) is 22.3 Å². The minimum absolute atomic E-state index is 0.790. The minimum atomic E-state index is 0.790. The van der Waals surface area contributed by atoms with Gasteiger partial charge in [-0.1, -0.05) is 36.4 Å². The molecule has 1 aromatic heterocycles. The van der Waals surface area contributed by atoms with Crippen LogP contribution in [0.15, 0.2) is 59.2 Å². The van der Waals surface area contributed by atoms with E-state index in [2.05, 4.69) is 51.0 Å². The van der Waals surface area contributed by atoms with Crippen molar-refractivity contribution >= 4 is 32.5 Å². The fraction of sp³-hybridized carbons (Fsp3) is 0.0667. The topological polar surface area (TPSA) is 30.9 Å². The number of benzene rings is 2. The van der Waals surface area contributed by atoms with Crippen molar-refractivity contribution in [1.29, 1.82) is 0 Å². The summed E-state index contributed by atoms with van der Waals surface area (Å²) in [7, 11) is 0. The van der Waals surface area contributed by atoms with Gasteiger partial charge in [-0.15, -0.1) is 0 Å². The maximum absolute atomic E-state index is 5.99. The van der Waals surface area contributed by atoms with Crippen LogP contribution in [0.4, 0.5) is 5.69 Å². The summed E-state index contributed by atoms with van der Waals surface area (Å²) in [6.07, 6.45) is 2.11. The monoisotopic (exact) mass is 300 g/mol. The van der Waals surface area contributed by atoms with Crippen molar-refractivity contribution in [3.8, 4) is 0 Å². The van der Waals surface area contributed by atoms with Crippen LogP contribution in [0.1, 0.15) is 5.56 Å². The van der Waals surface area contributed by atoms with Gasteiger partial charge in [0, 0.05) is 33.8 Å². The molecule has 2 N–H and O–H groups in total. The van der Waals surface area contributed by atoms with Gasteiger partial charge in [-0.3, -0.25) is 0 Å². The molecule has 0 atom stereocenters. The van der Waals surface area contributed by atoms with E-state index in [4.69, 9.17) is 5.73 Å². The fourth-order valence-corrected chi connectivity index (χ4v) is 2.78. The number of rotatable bonds is 2. The van der Waals surface area contributed by atoms with Gasteiger partial charge in [0.15, 0.2) is 0 Å². The molecule has 0 aliphatic rings. The number of hydrogen-bond acceptors (Lipinski definition) is 1. The standard InChI is InChI=1S/C15H13BrN2/c16-13-10-18(15-8-4-2-6-12(13)15)9-11-5-1-3-7-14(11)17/h1-8,10H,9,17H2. The van der Waals surface area contributed by atoms with Gasteiger partial charge in [0.1, 0.15) is 0 Å². The first-order chi connectivity index (χ1) is 8.75. The number of anilines is 1. The predicted octanol–water partition coefficient (Wildman–Crippen LogP) is 4.03. The number of nitrogens with zero attached hydrogens (tertiary/aromatic N) is 1. The molecule has 0 bridgehead atoms. The molecule has 0 fully saturated rings. The van der Waals surface area contributed by atoms with Gasteiger partial charge in [-0.2, -0.15) is 0 Å². The molecular weight excluding hydrogens is 288 g/mol. The van der Waals surface area contributed by atoms with Crippen molar-refractivity contribution in [2.45, 2.75) is 6.54 Å². The molecule has 3 aromatic rings. The Bertz CT molecular complexity index is 701. The lowest BCUT2D eigenvalue weighted by molar-refractivity contribution is 0.837. The summed E-state index contributed by atoms with van der Waals surface area (Å²) in [6, 6.07) is 16.3. The number of hydrogen-bond donors (Lipinski definition) is 1. The smallest absolute Gasteiger partial charge is 0.0496 e. The number of para-hydroxylation sites is 2. The van der Waals surface area contributed by atoms with Crippen molar-refractivity contribution < 1.29 is 0 Å². The summed E-state index contributed by atoms with van der Waals surface area (Å²) in [6.45, 7) is 0.790. The van der Waals surface area contributed by atoms with Crippen molar-refractivity contribution in [1.82, 2.24) is 4.57 Å². The molecule has 3 heteroatoms. The van der Waals surface area contributed by atoms with Crippen LogP contribution < -0.4 is 5.73 Å². The molecule has 0 saturated carbocycles. The van der Waals surface area contributed by atoms with Crippen LogP contribution >= 0.6 is 15.9 Å². The second-order valence-corrected chi connectivity index (χ2v) is 5.18. The van der Waals surface area contributed by atoms with E-state index < -0.39 is 0 Å². The lowest BCUT2D eigenvalue weighted by Gasteiger charge is -2.08. The Balaban J connectivity index is 2.08. The molecule has 90 valence electrons. The third-order valence-corrected chi connectivity index (χ3v) is 3.77. The zero-order valence-electron chi connectivity index (χ0n) is 9.81. The highest BCUT2D eigenvalue weighted by Crippen LogP contribution is 2.27. The Labute approximate surface area is 114 Å². The first-order valence-electron chi connectivity index (χ1n) is 5.82. The average Bonchev–Trinajstić information content (AvgIpc) is 2.70. The van der Waals surface area contributed by atoms with E-state index in [1.807, 2.05) is 24.3 Å². The summed E-state index contributed by atoms with van der Waals surface area (Å²) in [5.74, 6) is 0. The largest absolute Gasteiger partial charge is 0.398 e. The quantitative estimate of drug-likeness (QED) is 0.712. The molecule has 1 heterocycles. The van der Waals surface area contributed by atoms with Gasteiger partial charge in [-0.05, 0) is 33.6 Å². The Hall–Kier alpha value is -1.74. The molecule has 0 aliphatic carbocycles. The number of aromatic nitrogens is 1. The highest BCUT2D eigenvalue weighted by molar-refractivity contribution is 9.10. The van der Waals surface area contributed by atoms with Gasteiger partial charge in [0.2, 0.25) is 0 Å². The molecule has 3 rings (SSSR count). The Kier molecular flexibility index (Phi) is 2.84. The lowest BCUT2D eigenvalue weighted by atomic mass is 10.2. The van der Waals surface area contributed by atoms with Crippen LogP contribution in [0.25, 0.3) is 10.9 Å². The molecule has 18 heavy (non-hydrogen) atoms. The maximum Gasteiger partial charge on any atom is 0.0496 e. The number of fused-ring (bicyclic) bond motifs is 1. The number of halogens is 1. The third kappa shape index (κ3) is 1.91. The average molecular weight is 301 g/mol. The highest BCUT2D eigenvalue weighted by atomic mass is 79.9. The summed E-state index contributed by atoms with van der Waals surface area (Å²) < 4.78 is 3.33. The molecule has 2 nitrogen and oxygen atoms in total. The van der Waals surface area contributed by atoms with Crippen LogP contribution in [0.2, 0.25) is 0 Å². The van der Waals surface area contributed by atoms with Gasteiger partial charge in [0.25, 0.3) is 0 Å². The molecule has 0 saturated heterocycles. The Morgan fingerprint density at radius 2 is 1.72 bits per heavy atom. The Morgan fingerprint density at radius 1 is 1.00 bits per heavy atom. The first kappa shape index (κ1) is 11.4.